The van der Waals surface area contributed by atoms with E-state index >= 15 is 0 Å². The molecule has 3 nitrogen and oxygen atoms in total. The summed E-state index contributed by atoms with van der Waals surface area (Å²) in [6.07, 6.45) is 4.66. The Morgan fingerprint density at radius 1 is 1.33 bits per heavy atom. The summed E-state index contributed by atoms with van der Waals surface area (Å²) in [4.78, 5) is 0. The van der Waals surface area contributed by atoms with Crippen LogP contribution < -0.4 is 5.32 Å². The van der Waals surface area contributed by atoms with E-state index in [2.05, 4.69) is 5.32 Å². The Labute approximate surface area is 92.9 Å². The zero-order valence-corrected chi connectivity index (χ0v) is 10.2. The van der Waals surface area contributed by atoms with Crippen molar-refractivity contribution in [2.75, 3.05) is 13.2 Å². The lowest BCUT2D eigenvalue weighted by atomic mass is 9.86. The average Bonchev–Trinajstić information content (AvgIpc) is 2.62. The normalized spacial score (nSPS) is 23.0. The van der Waals surface area contributed by atoms with Crippen LogP contribution in [0.3, 0.4) is 0 Å². The van der Waals surface area contributed by atoms with Crippen LogP contribution in [0.2, 0.25) is 0 Å². The number of hydrogen-bond acceptors (Lipinski definition) is 3. The van der Waals surface area contributed by atoms with Gasteiger partial charge in [0, 0.05) is 24.6 Å². The fourth-order valence-corrected chi connectivity index (χ4v) is 2.14. The lowest BCUT2D eigenvalue weighted by Crippen LogP contribution is -2.48. The van der Waals surface area contributed by atoms with E-state index in [1.807, 2.05) is 20.8 Å². The maximum absolute atomic E-state index is 9.79. The summed E-state index contributed by atoms with van der Waals surface area (Å²) in [6.45, 7) is 6.68. The van der Waals surface area contributed by atoms with Gasteiger partial charge in [0.15, 0.2) is 0 Å². The molecule has 1 aliphatic carbocycles. The van der Waals surface area contributed by atoms with Crippen molar-refractivity contribution in [2.45, 2.75) is 58.1 Å². The Morgan fingerprint density at radius 3 is 2.27 bits per heavy atom. The first kappa shape index (κ1) is 12.9. The van der Waals surface area contributed by atoms with E-state index in [-0.39, 0.29) is 18.1 Å². The van der Waals surface area contributed by atoms with E-state index in [1.54, 1.807) is 0 Å². The van der Waals surface area contributed by atoms with Crippen LogP contribution in [-0.2, 0) is 0 Å². The van der Waals surface area contributed by atoms with E-state index in [1.165, 1.54) is 12.8 Å². The molecule has 1 rings (SSSR count). The molecule has 90 valence electrons. The zero-order chi connectivity index (χ0) is 11.5. The molecule has 15 heavy (non-hydrogen) atoms. The van der Waals surface area contributed by atoms with Crippen molar-refractivity contribution in [1.82, 2.24) is 5.32 Å². The van der Waals surface area contributed by atoms with Gasteiger partial charge in [-0.15, -0.1) is 0 Å². The van der Waals surface area contributed by atoms with Crippen molar-refractivity contribution in [3.05, 3.63) is 0 Å². The lowest BCUT2D eigenvalue weighted by Gasteiger charge is -2.33. The smallest absolute Gasteiger partial charge is 0.0741 e. The Balaban J connectivity index is 2.41. The first-order valence-corrected chi connectivity index (χ1v) is 5.96. The van der Waals surface area contributed by atoms with Gasteiger partial charge in [0.05, 0.1) is 5.60 Å². The zero-order valence-electron chi connectivity index (χ0n) is 10.2. The Bertz CT molecular complexity index is 192. The van der Waals surface area contributed by atoms with Crippen LogP contribution in [-0.4, -0.2) is 35.0 Å². The molecule has 0 bridgehead atoms. The van der Waals surface area contributed by atoms with E-state index in [0.717, 1.165) is 19.4 Å². The third-order valence-electron chi connectivity index (χ3n) is 3.84. The third-order valence-corrected chi connectivity index (χ3v) is 3.84. The van der Waals surface area contributed by atoms with Crippen LogP contribution in [0.15, 0.2) is 0 Å². The molecule has 1 aliphatic rings. The van der Waals surface area contributed by atoms with Crippen LogP contribution in [0.4, 0.5) is 0 Å². The summed E-state index contributed by atoms with van der Waals surface area (Å²) < 4.78 is 0. The van der Waals surface area contributed by atoms with E-state index in [9.17, 15) is 10.2 Å². The minimum atomic E-state index is -0.699. The summed E-state index contributed by atoms with van der Waals surface area (Å²) in [5.41, 5.74) is -0.630. The molecular weight excluding hydrogens is 190 g/mol. The van der Waals surface area contributed by atoms with Gasteiger partial charge in [-0.05, 0) is 33.6 Å². The summed E-state index contributed by atoms with van der Waals surface area (Å²) >= 11 is 0. The molecule has 3 N–H and O–H groups in total. The molecule has 0 spiro atoms. The van der Waals surface area contributed by atoms with Crippen LogP contribution in [0.25, 0.3) is 0 Å². The second kappa shape index (κ2) is 4.81. The van der Waals surface area contributed by atoms with Crippen LogP contribution in [0.5, 0.6) is 0 Å². The topological polar surface area (TPSA) is 52.5 Å². The fourth-order valence-electron chi connectivity index (χ4n) is 2.14. The monoisotopic (exact) mass is 215 g/mol. The van der Waals surface area contributed by atoms with Gasteiger partial charge in [0.1, 0.15) is 0 Å². The van der Waals surface area contributed by atoms with Gasteiger partial charge in [0.25, 0.3) is 0 Å². The maximum atomic E-state index is 9.79. The third kappa shape index (κ3) is 3.44. The SMILES string of the molecule is CC(NCC1(CO)CCCC1)C(C)(C)O. The highest BCUT2D eigenvalue weighted by molar-refractivity contribution is 4.89. The summed E-state index contributed by atoms with van der Waals surface area (Å²) in [7, 11) is 0. The molecule has 0 saturated heterocycles. The quantitative estimate of drug-likeness (QED) is 0.648. The minimum absolute atomic E-state index is 0.0570. The van der Waals surface area contributed by atoms with Crippen LogP contribution in [0, 0.1) is 5.41 Å². The van der Waals surface area contributed by atoms with Gasteiger partial charge in [-0.1, -0.05) is 12.8 Å². The van der Waals surface area contributed by atoms with Gasteiger partial charge in [-0.25, -0.2) is 0 Å². The van der Waals surface area contributed by atoms with Gasteiger partial charge in [-0.2, -0.15) is 0 Å². The molecule has 0 heterocycles. The molecule has 0 amide bonds. The molecule has 0 aromatic rings. The number of nitrogens with one attached hydrogen (secondary N) is 1. The highest BCUT2D eigenvalue weighted by Crippen LogP contribution is 2.37. The maximum Gasteiger partial charge on any atom is 0.0741 e. The van der Waals surface area contributed by atoms with Crippen molar-refractivity contribution in [2.24, 2.45) is 5.41 Å². The van der Waals surface area contributed by atoms with Crippen molar-refractivity contribution in [1.29, 1.82) is 0 Å². The highest BCUT2D eigenvalue weighted by atomic mass is 16.3. The first-order chi connectivity index (χ1) is 6.90. The Kier molecular flexibility index (Phi) is 4.15. The molecule has 1 unspecified atom stereocenters. The van der Waals surface area contributed by atoms with Crippen molar-refractivity contribution in [3.63, 3.8) is 0 Å². The molecule has 1 fully saturated rings. The predicted octanol–water partition coefficient (Wildman–Crippen LogP) is 1.29. The van der Waals surface area contributed by atoms with Gasteiger partial charge < -0.3 is 15.5 Å². The predicted molar refractivity (Wildman–Crippen MR) is 61.7 cm³/mol. The molecule has 1 saturated carbocycles. The Morgan fingerprint density at radius 2 is 1.87 bits per heavy atom. The van der Waals surface area contributed by atoms with Crippen LogP contribution in [0.1, 0.15) is 46.5 Å². The van der Waals surface area contributed by atoms with Crippen molar-refractivity contribution < 1.29 is 10.2 Å². The van der Waals surface area contributed by atoms with E-state index in [4.69, 9.17) is 0 Å². The van der Waals surface area contributed by atoms with Gasteiger partial charge in [0.2, 0.25) is 0 Å². The largest absolute Gasteiger partial charge is 0.396 e. The number of aliphatic hydroxyl groups excluding tert-OH is 1. The number of hydrogen-bond donors (Lipinski definition) is 3. The van der Waals surface area contributed by atoms with Crippen molar-refractivity contribution >= 4 is 0 Å². The molecule has 0 aromatic carbocycles. The standard InChI is InChI=1S/C12H25NO2/c1-10(11(2,3)15)13-8-12(9-14)6-4-5-7-12/h10,13-15H,4-9H2,1-3H3. The molecule has 0 aromatic heterocycles. The molecule has 0 aliphatic heterocycles. The highest BCUT2D eigenvalue weighted by Gasteiger charge is 2.34. The minimum Gasteiger partial charge on any atom is -0.396 e. The molecular formula is C12H25NO2. The average molecular weight is 215 g/mol. The summed E-state index contributed by atoms with van der Waals surface area (Å²) in [5.74, 6) is 0. The second-order valence-electron chi connectivity index (χ2n) is 5.62. The van der Waals surface area contributed by atoms with Crippen molar-refractivity contribution in [3.8, 4) is 0 Å². The van der Waals surface area contributed by atoms with Gasteiger partial charge >= 0.3 is 0 Å². The van der Waals surface area contributed by atoms with E-state index in [0.29, 0.717) is 0 Å². The first-order valence-electron chi connectivity index (χ1n) is 5.96. The molecule has 3 heteroatoms. The Hall–Kier alpha value is -0.120. The molecule has 0 radical (unpaired) electrons. The van der Waals surface area contributed by atoms with Gasteiger partial charge in [-0.3, -0.25) is 0 Å². The fraction of sp³-hybridized carbons (Fsp3) is 1.00. The summed E-state index contributed by atoms with van der Waals surface area (Å²) in [6, 6.07) is 0.0570. The number of rotatable bonds is 5. The van der Waals surface area contributed by atoms with E-state index < -0.39 is 5.60 Å². The van der Waals surface area contributed by atoms with Crippen LogP contribution >= 0.6 is 0 Å². The molecule has 1 atom stereocenters. The lowest BCUT2D eigenvalue weighted by molar-refractivity contribution is 0.0345. The number of aliphatic hydroxyl groups is 2. The second-order valence-corrected chi connectivity index (χ2v) is 5.62. The summed E-state index contributed by atoms with van der Waals surface area (Å²) in [5, 5.41) is 22.6.